The van der Waals surface area contributed by atoms with Gasteiger partial charge in [0.25, 0.3) is 0 Å². The van der Waals surface area contributed by atoms with E-state index in [9.17, 15) is 0 Å². The zero-order chi connectivity index (χ0) is 10.8. The predicted molar refractivity (Wildman–Crippen MR) is 63.1 cm³/mol. The van der Waals surface area contributed by atoms with Gasteiger partial charge in [0.1, 0.15) is 5.82 Å². The van der Waals surface area contributed by atoms with E-state index in [-0.39, 0.29) is 0 Å². The first-order valence-electron chi connectivity index (χ1n) is 5.52. The van der Waals surface area contributed by atoms with Crippen LogP contribution in [0.2, 0.25) is 0 Å². The maximum atomic E-state index is 4.41. The van der Waals surface area contributed by atoms with Gasteiger partial charge in [-0.05, 0) is 39.6 Å². The number of aromatic nitrogens is 1. The second kappa shape index (κ2) is 4.19. The molecular weight excluding hydrogens is 186 g/mol. The van der Waals surface area contributed by atoms with Crippen LogP contribution in [0.25, 0.3) is 0 Å². The summed E-state index contributed by atoms with van der Waals surface area (Å²) in [5.74, 6) is 1.11. The fraction of sp³-hybridized carbons (Fsp3) is 0.583. The van der Waals surface area contributed by atoms with Crippen molar-refractivity contribution >= 4 is 5.82 Å². The second-order valence-corrected chi connectivity index (χ2v) is 4.54. The number of rotatable bonds is 2. The molecule has 1 aromatic heterocycles. The summed E-state index contributed by atoms with van der Waals surface area (Å²) in [5, 5.41) is 0. The van der Waals surface area contributed by atoms with Crippen LogP contribution >= 0.6 is 0 Å². The minimum absolute atomic E-state index is 0.590. The van der Waals surface area contributed by atoms with E-state index in [2.05, 4.69) is 47.9 Å². The van der Waals surface area contributed by atoms with Crippen molar-refractivity contribution in [2.75, 3.05) is 25.5 Å². The van der Waals surface area contributed by atoms with E-state index < -0.39 is 0 Å². The first-order valence-corrected chi connectivity index (χ1v) is 5.52. The summed E-state index contributed by atoms with van der Waals surface area (Å²) in [6.45, 7) is 3.36. The van der Waals surface area contributed by atoms with Crippen LogP contribution in [0.4, 0.5) is 5.82 Å². The smallest absolute Gasteiger partial charge is 0.128 e. The zero-order valence-corrected chi connectivity index (χ0v) is 9.72. The molecule has 0 amide bonds. The third-order valence-electron chi connectivity index (χ3n) is 3.23. The Labute approximate surface area is 91.7 Å². The minimum atomic E-state index is 0.590. The molecule has 0 saturated carbocycles. The van der Waals surface area contributed by atoms with E-state index in [0.717, 1.165) is 12.4 Å². The Morgan fingerprint density at radius 3 is 2.73 bits per heavy atom. The molecule has 3 heteroatoms. The van der Waals surface area contributed by atoms with Crippen molar-refractivity contribution in [2.45, 2.75) is 25.4 Å². The van der Waals surface area contributed by atoms with Crippen molar-refractivity contribution in [3.8, 4) is 0 Å². The summed E-state index contributed by atoms with van der Waals surface area (Å²) in [7, 11) is 4.30. The molecule has 2 heterocycles. The Kier molecular flexibility index (Phi) is 2.91. The molecule has 1 aromatic rings. The van der Waals surface area contributed by atoms with Crippen LogP contribution in [-0.4, -0.2) is 42.6 Å². The van der Waals surface area contributed by atoms with Gasteiger partial charge in [-0.25, -0.2) is 4.98 Å². The Morgan fingerprint density at radius 2 is 2.20 bits per heavy atom. The lowest BCUT2D eigenvalue weighted by molar-refractivity contribution is 0.311. The van der Waals surface area contributed by atoms with Gasteiger partial charge >= 0.3 is 0 Å². The first-order chi connectivity index (χ1) is 7.18. The fourth-order valence-electron chi connectivity index (χ4n) is 2.22. The molecule has 2 unspecified atom stereocenters. The fourth-order valence-corrected chi connectivity index (χ4v) is 2.22. The molecule has 0 spiro atoms. The molecule has 15 heavy (non-hydrogen) atoms. The summed E-state index contributed by atoms with van der Waals surface area (Å²) < 4.78 is 0. The highest BCUT2D eigenvalue weighted by molar-refractivity contribution is 5.41. The lowest BCUT2D eigenvalue weighted by Gasteiger charge is -2.23. The van der Waals surface area contributed by atoms with E-state index >= 15 is 0 Å². The van der Waals surface area contributed by atoms with Crippen LogP contribution in [-0.2, 0) is 0 Å². The molecule has 1 aliphatic heterocycles. The van der Waals surface area contributed by atoms with E-state index in [0.29, 0.717) is 12.1 Å². The van der Waals surface area contributed by atoms with Crippen molar-refractivity contribution in [2.24, 2.45) is 0 Å². The molecule has 0 aromatic carbocycles. The van der Waals surface area contributed by atoms with Gasteiger partial charge in [-0.1, -0.05) is 6.07 Å². The van der Waals surface area contributed by atoms with Gasteiger partial charge in [0.15, 0.2) is 0 Å². The SMILES string of the molecule is CC1CC(N(C)C)CN1c1ccccn1. The molecule has 82 valence electrons. The van der Waals surface area contributed by atoms with Crippen LogP contribution in [0.1, 0.15) is 13.3 Å². The molecule has 1 aliphatic rings. The molecular formula is C12H19N3. The van der Waals surface area contributed by atoms with Crippen LogP contribution in [0.3, 0.4) is 0 Å². The topological polar surface area (TPSA) is 19.4 Å². The van der Waals surface area contributed by atoms with Crippen molar-refractivity contribution in [3.63, 3.8) is 0 Å². The van der Waals surface area contributed by atoms with E-state index in [1.807, 2.05) is 12.3 Å². The number of anilines is 1. The molecule has 1 fully saturated rings. The van der Waals surface area contributed by atoms with Gasteiger partial charge in [-0.3, -0.25) is 0 Å². The third kappa shape index (κ3) is 2.12. The molecule has 3 nitrogen and oxygen atoms in total. The van der Waals surface area contributed by atoms with Crippen LogP contribution in [0.15, 0.2) is 24.4 Å². The molecule has 1 saturated heterocycles. The Morgan fingerprint density at radius 1 is 1.40 bits per heavy atom. The van der Waals surface area contributed by atoms with Crippen LogP contribution < -0.4 is 4.90 Å². The van der Waals surface area contributed by atoms with Crippen molar-refractivity contribution in [1.29, 1.82) is 0 Å². The summed E-state index contributed by atoms with van der Waals surface area (Å²) in [6, 6.07) is 7.36. The zero-order valence-electron chi connectivity index (χ0n) is 9.72. The summed E-state index contributed by atoms with van der Waals surface area (Å²) in [4.78, 5) is 9.11. The van der Waals surface area contributed by atoms with E-state index in [4.69, 9.17) is 0 Å². The predicted octanol–water partition coefficient (Wildman–Crippen LogP) is 1.61. The van der Waals surface area contributed by atoms with Gasteiger partial charge in [-0.15, -0.1) is 0 Å². The van der Waals surface area contributed by atoms with E-state index in [1.165, 1.54) is 6.42 Å². The summed E-state index contributed by atoms with van der Waals surface area (Å²) in [6.07, 6.45) is 3.09. The molecule has 2 atom stereocenters. The number of pyridine rings is 1. The van der Waals surface area contributed by atoms with Gasteiger partial charge < -0.3 is 9.80 Å². The number of likely N-dealkylation sites (N-methyl/N-ethyl adjacent to an activating group) is 1. The molecule has 0 N–H and O–H groups in total. The highest BCUT2D eigenvalue weighted by atomic mass is 15.3. The molecule has 0 aliphatic carbocycles. The van der Waals surface area contributed by atoms with Gasteiger partial charge in [0.05, 0.1) is 0 Å². The van der Waals surface area contributed by atoms with Gasteiger partial charge in [-0.2, -0.15) is 0 Å². The summed E-state index contributed by atoms with van der Waals surface area (Å²) in [5.41, 5.74) is 0. The van der Waals surface area contributed by atoms with Gasteiger partial charge in [0.2, 0.25) is 0 Å². The normalized spacial score (nSPS) is 26.3. The lowest BCUT2D eigenvalue weighted by Crippen LogP contribution is -2.32. The first kappa shape index (κ1) is 10.4. The Bertz CT molecular complexity index is 310. The Hall–Kier alpha value is -1.09. The van der Waals surface area contributed by atoms with Crippen LogP contribution in [0.5, 0.6) is 0 Å². The average Bonchev–Trinajstić information content (AvgIpc) is 2.62. The molecule has 0 bridgehead atoms. The third-order valence-corrected chi connectivity index (χ3v) is 3.23. The van der Waals surface area contributed by atoms with Crippen molar-refractivity contribution in [3.05, 3.63) is 24.4 Å². The average molecular weight is 205 g/mol. The van der Waals surface area contributed by atoms with E-state index in [1.54, 1.807) is 0 Å². The largest absolute Gasteiger partial charge is 0.352 e. The van der Waals surface area contributed by atoms with Gasteiger partial charge in [0, 0.05) is 24.8 Å². The minimum Gasteiger partial charge on any atom is -0.352 e. The highest BCUT2D eigenvalue weighted by Crippen LogP contribution is 2.25. The Balaban J connectivity index is 2.12. The maximum absolute atomic E-state index is 4.41. The van der Waals surface area contributed by atoms with Crippen molar-refractivity contribution < 1.29 is 0 Å². The van der Waals surface area contributed by atoms with Crippen LogP contribution in [0, 0.1) is 0 Å². The molecule has 0 radical (unpaired) electrons. The summed E-state index contributed by atoms with van der Waals surface area (Å²) >= 11 is 0. The second-order valence-electron chi connectivity index (χ2n) is 4.54. The molecule has 2 rings (SSSR count). The number of nitrogens with zero attached hydrogens (tertiary/aromatic N) is 3. The monoisotopic (exact) mass is 205 g/mol. The number of hydrogen-bond donors (Lipinski definition) is 0. The standard InChI is InChI=1S/C12H19N3/c1-10-8-11(14(2)3)9-15(10)12-6-4-5-7-13-12/h4-7,10-11H,8-9H2,1-3H3. The highest BCUT2D eigenvalue weighted by Gasteiger charge is 2.30. The quantitative estimate of drug-likeness (QED) is 0.731. The van der Waals surface area contributed by atoms with Crippen molar-refractivity contribution in [1.82, 2.24) is 9.88 Å². The number of hydrogen-bond acceptors (Lipinski definition) is 3. The lowest BCUT2D eigenvalue weighted by atomic mass is 10.2. The maximum Gasteiger partial charge on any atom is 0.128 e.